The van der Waals surface area contributed by atoms with Crippen LogP contribution in [0.5, 0.6) is 0 Å². The first-order chi connectivity index (χ1) is 12.6. The summed E-state index contributed by atoms with van der Waals surface area (Å²) in [5.41, 5.74) is 1.04. The Bertz CT molecular complexity index is 805. The lowest BCUT2D eigenvalue weighted by Gasteiger charge is -2.31. The predicted molar refractivity (Wildman–Crippen MR) is 94.1 cm³/mol. The fourth-order valence-electron chi connectivity index (χ4n) is 3.20. The number of likely N-dealkylation sites (tertiary alicyclic amines) is 1. The van der Waals surface area contributed by atoms with Gasteiger partial charge >= 0.3 is 0 Å². The lowest BCUT2D eigenvalue weighted by molar-refractivity contribution is 0.0687. The van der Waals surface area contributed by atoms with E-state index < -0.39 is 0 Å². The molecule has 0 unspecified atom stereocenters. The maximum Gasteiger partial charge on any atom is 0.273 e. The first kappa shape index (κ1) is 17.1. The van der Waals surface area contributed by atoms with Crippen molar-refractivity contribution in [2.45, 2.75) is 38.5 Å². The fraction of sp³-hybridized carbons (Fsp3) is 0.588. The summed E-state index contributed by atoms with van der Waals surface area (Å²) in [6.45, 7) is 3.77. The molecule has 3 heterocycles. The molecule has 4 rings (SSSR count). The zero-order valence-electron chi connectivity index (χ0n) is 14.6. The van der Waals surface area contributed by atoms with E-state index in [0.717, 1.165) is 43.0 Å². The van der Waals surface area contributed by atoms with E-state index in [-0.39, 0.29) is 11.8 Å². The summed E-state index contributed by atoms with van der Waals surface area (Å²) in [7, 11) is 0. The third-order valence-corrected chi connectivity index (χ3v) is 5.86. The topological polar surface area (TPSA) is 101 Å². The maximum atomic E-state index is 12.5. The predicted octanol–water partition coefficient (Wildman–Crippen LogP) is 1.99. The molecule has 2 aromatic rings. The highest BCUT2D eigenvalue weighted by atomic mass is 32.1. The first-order valence-electron chi connectivity index (χ1n) is 8.95. The number of hydrogen-bond acceptors (Lipinski definition) is 7. The molecule has 9 heteroatoms. The van der Waals surface area contributed by atoms with E-state index in [1.165, 1.54) is 0 Å². The van der Waals surface area contributed by atoms with Gasteiger partial charge in [-0.05, 0) is 50.1 Å². The van der Waals surface area contributed by atoms with E-state index in [9.17, 15) is 9.59 Å². The van der Waals surface area contributed by atoms with E-state index in [2.05, 4.69) is 20.1 Å². The number of aromatic nitrogens is 3. The number of nitrogens with zero attached hydrogens (tertiary/aromatic N) is 4. The second-order valence-corrected chi connectivity index (χ2v) is 7.78. The van der Waals surface area contributed by atoms with Crippen LogP contribution in [0.15, 0.2) is 10.6 Å². The second kappa shape index (κ2) is 7.14. The highest BCUT2D eigenvalue weighted by Crippen LogP contribution is 2.40. The normalized spacial score (nSPS) is 18.1. The van der Waals surface area contributed by atoms with Crippen molar-refractivity contribution >= 4 is 23.3 Å². The van der Waals surface area contributed by atoms with Crippen LogP contribution >= 0.6 is 11.5 Å². The van der Waals surface area contributed by atoms with Gasteiger partial charge in [-0.15, -0.1) is 5.10 Å². The molecule has 1 aliphatic carbocycles. The van der Waals surface area contributed by atoms with E-state index in [4.69, 9.17) is 4.52 Å². The van der Waals surface area contributed by atoms with Gasteiger partial charge < -0.3 is 14.7 Å². The van der Waals surface area contributed by atoms with E-state index in [0.29, 0.717) is 47.7 Å². The van der Waals surface area contributed by atoms with Crippen molar-refractivity contribution in [3.8, 4) is 0 Å². The Hall–Kier alpha value is -2.29. The Morgan fingerprint density at radius 2 is 2.08 bits per heavy atom. The van der Waals surface area contributed by atoms with Crippen molar-refractivity contribution in [2.75, 3.05) is 19.6 Å². The third-order valence-electron chi connectivity index (χ3n) is 5.04. The van der Waals surface area contributed by atoms with Gasteiger partial charge in [0.2, 0.25) is 0 Å². The van der Waals surface area contributed by atoms with Crippen LogP contribution < -0.4 is 5.32 Å². The van der Waals surface area contributed by atoms with Gasteiger partial charge in [0.15, 0.2) is 5.69 Å². The minimum atomic E-state index is -0.189. The third kappa shape index (κ3) is 3.62. The molecule has 1 N–H and O–H groups in total. The van der Waals surface area contributed by atoms with Gasteiger partial charge in [-0.1, -0.05) is 9.64 Å². The molecule has 2 amide bonds. The van der Waals surface area contributed by atoms with Gasteiger partial charge in [0.05, 0.1) is 5.69 Å². The van der Waals surface area contributed by atoms with Crippen LogP contribution in [0.25, 0.3) is 0 Å². The van der Waals surface area contributed by atoms with E-state index >= 15 is 0 Å². The summed E-state index contributed by atoms with van der Waals surface area (Å²) in [5, 5.41) is 10.7. The molecule has 2 fully saturated rings. The van der Waals surface area contributed by atoms with Gasteiger partial charge in [0, 0.05) is 31.6 Å². The van der Waals surface area contributed by atoms with Crippen LogP contribution in [0.1, 0.15) is 63.2 Å². The highest BCUT2D eigenvalue weighted by Gasteiger charge is 2.29. The quantitative estimate of drug-likeness (QED) is 0.858. The molecule has 8 nitrogen and oxygen atoms in total. The number of rotatable bonds is 5. The summed E-state index contributed by atoms with van der Waals surface area (Å²) in [6, 6.07) is 1.75. The van der Waals surface area contributed by atoms with Crippen LogP contribution in [0.2, 0.25) is 0 Å². The fourth-order valence-corrected chi connectivity index (χ4v) is 3.82. The van der Waals surface area contributed by atoms with Crippen LogP contribution in [-0.2, 0) is 0 Å². The number of carbonyl (C=O) groups excluding carboxylic acids is 2. The summed E-state index contributed by atoms with van der Waals surface area (Å²) in [5.74, 6) is 1.44. The van der Waals surface area contributed by atoms with E-state index in [1.54, 1.807) is 13.0 Å². The van der Waals surface area contributed by atoms with Crippen LogP contribution in [0, 0.1) is 12.8 Å². The molecular formula is C17H21N5O3S. The molecule has 2 aromatic heterocycles. The monoisotopic (exact) mass is 375 g/mol. The summed E-state index contributed by atoms with van der Waals surface area (Å²) >= 11 is 1.15. The molecule has 0 bridgehead atoms. The Balaban J connectivity index is 1.24. The SMILES string of the molecule is Cc1nnsc1C(=O)N1CCC(CNC(=O)c2cc(C3CC3)on2)CC1. The summed E-state index contributed by atoms with van der Waals surface area (Å²) in [6.07, 6.45) is 3.96. The van der Waals surface area contributed by atoms with Gasteiger partial charge in [-0.3, -0.25) is 9.59 Å². The van der Waals surface area contributed by atoms with Gasteiger partial charge in [-0.2, -0.15) is 0 Å². The number of aryl methyl sites for hydroxylation is 1. The number of carbonyl (C=O) groups is 2. The van der Waals surface area contributed by atoms with Crippen molar-refractivity contribution in [2.24, 2.45) is 5.92 Å². The molecule has 138 valence electrons. The van der Waals surface area contributed by atoms with Crippen molar-refractivity contribution in [1.29, 1.82) is 0 Å². The average molecular weight is 375 g/mol. The summed E-state index contributed by atoms with van der Waals surface area (Å²) < 4.78 is 9.05. The summed E-state index contributed by atoms with van der Waals surface area (Å²) in [4.78, 5) is 27.1. The van der Waals surface area contributed by atoms with Crippen molar-refractivity contribution < 1.29 is 14.1 Å². The molecule has 1 aliphatic heterocycles. The van der Waals surface area contributed by atoms with Crippen LogP contribution in [0.4, 0.5) is 0 Å². The minimum absolute atomic E-state index is 0.00943. The lowest BCUT2D eigenvalue weighted by atomic mass is 9.96. The molecule has 0 atom stereocenters. The number of piperidine rings is 1. The van der Waals surface area contributed by atoms with Gasteiger partial charge in [0.1, 0.15) is 10.6 Å². The van der Waals surface area contributed by atoms with Crippen molar-refractivity contribution in [3.63, 3.8) is 0 Å². The van der Waals surface area contributed by atoms with Crippen LogP contribution in [-0.4, -0.2) is 51.1 Å². The molecular weight excluding hydrogens is 354 g/mol. The van der Waals surface area contributed by atoms with Gasteiger partial charge in [-0.25, -0.2) is 0 Å². The largest absolute Gasteiger partial charge is 0.360 e. The average Bonchev–Trinajstić information content (AvgIpc) is 3.23. The first-order valence-corrected chi connectivity index (χ1v) is 9.72. The zero-order valence-corrected chi connectivity index (χ0v) is 15.4. The number of nitrogens with one attached hydrogen (secondary N) is 1. The second-order valence-electron chi connectivity index (χ2n) is 7.02. The Labute approximate surface area is 155 Å². The van der Waals surface area contributed by atoms with E-state index in [1.807, 2.05) is 4.90 Å². The number of hydrogen-bond donors (Lipinski definition) is 1. The molecule has 26 heavy (non-hydrogen) atoms. The standard InChI is InChI=1S/C17H21N5O3S/c1-10-15(26-21-19-10)17(24)22-6-4-11(5-7-22)9-18-16(23)13-8-14(25-20-13)12-2-3-12/h8,11-12H,2-7,9H2,1H3,(H,18,23). The Morgan fingerprint density at radius 3 is 2.73 bits per heavy atom. The molecule has 0 spiro atoms. The molecule has 1 saturated heterocycles. The molecule has 0 aromatic carbocycles. The Kier molecular flexibility index (Phi) is 4.71. The van der Waals surface area contributed by atoms with Crippen LogP contribution in [0.3, 0.4) is 0 Å². The van der Waals surface area contributed by atoms with Crippen molar-refractivity contribution in [3.05, 3.63) is 28.1 Å². The highest BCUT2D eigenvalue weighted by molar-refractivity contribution is 7.07. The number of amides is 2. The smallest absolute Gasteiger partial charge is 0.273 e. The minimum Gasteiger partial charge on any atom is -0.360 e. The van der Waals surface area contributed by atoms with Gasteiger partial charge in [0.25, 0.3) is 11.8 Å². The molecule has 1 saturated carbocycles. The molecule has 2 aliphatic rings. The zero-order chi connectivity index (χ0) is 18.1. The molecule has 0 radical (unpaired) electrons. The van der Waals surface area contributed by atoms with Crippen molar-refractivity contribution in [1.82, 2.24) is 25.0 Å². The lowest BCUT2D eigenvalue weighted by Crippen LogP contribution is -2.41. The Morgan fingerprint density at radius 1 is 1.31 bits per heavy atom. The maximum absolute atomic E-state index is 12.5.